The molecule has 0 unspecified atom stereocenters. The predicted molar refractivity (Wildman–Crippen MR) is 64.1 cm³/mol. The van der Waals surface area contributed by atoms with E-state index in [4.69, 9.17) is 16.3 Å². The van der Waals surface area contributed by atoms with Gasteiger partial charge in [0, 0.05) is 25.0 Å². The summed E-state index contributed by atoms with van der Waals surface area (Å²) in [5, 5.41) is 0.393. The average molecular weight is 269 g/mol. The van der Waals surface area contributed by atoms with Crippen molar-refractivity contribution in [2.45, 2.75) is 6.54 Å². The summed E-state index contributed by atoms with van der Waals surface area (Å²) in [5.41, 5.74) is 1.45. The van der Waals surface area contributed by atoms with E-state index in [1.165, 1.54) is 12.3 Å². The van der Waals surface area contributed by atoms with Crippen LogP contribution in [0.4, 0.5) is 4.39 Å². The Hall–Kier alpha value is -1.88. The van der Waals surface area contributed by atoms with Gasteiger partial charge in [0.25, 0.3) is 0 Å². The second-order valence-corrected chi connectivity index (χ2v) is 4.02. The van der Waals surface area contributed by atoms with Crippen LogP contribution in [0.5, 0.6) is 0 Å². The molecule has 0 fully saturated rings. The molecule has 1 aromatic rings. The van der Waals surface area contributed by atoms with Crippen LogP contribution >= 0.6 is 11.6 Å². The average Bonchev–Trinajstić information content (AvgIpc) is 2.78. The SMILES string of the molecule is O=C1C=C(N(C=CF)Cc2ccc(Cl)nc2)CO1. The van der Waals surface area contributed by atoms with Gasteiger partial charge in [0.05, 0.1) is 5.70 Å². The van der Waals surface area contributed by atoms with E-state index in [9.17, 15) is 9.18 Å². The lowest BCUT2D eigenvalue weighted by Gasteiger charge is -2.19. The van der Waals surface area contributed by atoms with E-state index in [0.717, 1.165) is 5.56 Å². The first kappa shape index (κ1) is 12.6. The van der Waals surface area contributed by atoms with Gasteiger partial charge in [-0.1, -0.05) is 17.7 Å². The summed E-state index contributed by atoms with van der Waals surface area (Å²) in [6.45, 7) is 0.525. The van der Waals surface area contributed by atoms with Crippen LogP contribution in [0.1, 0.15) is 5.56 Å². The Morgan fingerprint density at radius 3 is 2.94 bits per heavy atom. The molecule has 1 aliphatic heterocycles. The van der Waals surface area contributed by atoms with Crippen molar-refractivity contribution in [3.63, 3.8) is 0 Å². The molecule has 0 N–H and O–H groups in total. The molecule has 0 aliphatic carbocycles. The summed E-state index contributed by atoms with van der Waals surface area (Å²) in [4.78, 5) is 16.5. The van der Waals surface area contributed by atoms with Gasteiger partial charge in [-0.3, -0.25) is 0 Å². The lowest BCUT2D eigenvalue weighted by Crippen LogP contribution is -2.17. The molecule has 1 aromatic heterocycles. The Morgan fingerprint density at radius 1 is 1.56 bits per heavy atom. The maximum Gasteiger partial charge on any atom is 0.333 e. The lowest BCUT2D eigenvalue weighted by molar-refractivity contribution is -0.135. The molecule has 0 saturated carbocycles. The molecule has 0 amide bonds. The van der Waals surface area contributed by atoms with Crippen molar-refractivity contribution in [2.75, 3.05) is 6.61 Å². The van der Waals surface area contributed by atoms with E-state index >= 15 is 0 Å². The summed E-state index contributed by atoms with van der Waals surface area (Å²) < 4.78 is 17.1. The number of ether oxygens (including phenoxy) is 1. The third-order valence-corrected chi connectivity index (χ3v) is 2.62. The number of esters is 1. The molecule has 0 radical (unpaired) electrons. The van der Waals surface area contributed by atoms with E-state index in [-0.39, 0.29) is 6.61 Å². The maximum absolute atomic E-state index is 12.3. The standard InChI is InChI=1S/C12H10ClFN2O2/c13-11-2-1-9(6-15-11)7-16(4-3-14)10-5-12(17)18-8-10/h1-6H,7-8H2. The third-order valence-electron chi connectivity index (χ3n) is 2.39. The van der Waals surface area contributed by atoms with Gasteiger partial charge in [-0.2, -0.15) is 0 Å². The molecule has 6 heteroatoms. The quantitative estimate of drug-likeness (QED) is 0.621. The second-order valence-electron chi connectivity index (χ2n) is 3.64. The molecule has 0 saturated heterocycles. The molecule has 0 spiro atoms. The normalized spacial score (nSPS) is 14.8. The molecular formula is C12H10ClFN2O2. The molecule has 2 heterocycles. The number of pyridine rings is 1. The number of carbonyl (C=O) groups is 1. The molecule has 94 valence electrons. The Labute approximate surface area is 108 Å². The van der Waals surface area contributed by atoms with Gasteiger partial charge in [-0.15, -0.1) is 0 Å². The number of halogens is 2. The first-order valence-electron chi connectivity index (χ1n) is 5.20. The highest BCUT2D eigenvalue weighted by Crippen LogP contribution is 2.17. The highest BCUT2D eigenvalue weighted by molar-refractivity contribution is 6.29. The van der Waals surface area contributed by atoms with Crippen LogP contribution in [-0.2, 0) is 16.1 Å². The van der Waals surface area contributed by atoms with Crippen LogP contribution in [-0.4, -0.2) is 22.5 Å². The number of hydrogen-bond acceptors (Lipinski definition) is 4. The Kier molecular flexibility index (Phi) is 3.94. The zero-order valence-electron chi connectivity index (χ0n) is 9.35. The van der Waals surface area contributed by atoms with E-state index < -0.39 is 5.97 Å². The smallest absolute Gasteiger partial charge is 0.333 e. The van der Waals surface area contributed by atoms with Crippen LogP contribution in [0.3, 0.4) is 0 Å². The summed E-state index contributed by atoms with van der Waals surface area (Å²) in [6.07, 6.45) is 4.58. The maximum atomic E-state index is 12.3. The fourth-order valence-corrected chi connectivity index (χ4v) is 1.66. The van der Waals surface area contributed by atoms with Gasteiger partial charge >= 0.3 is 5.97 Å². The van der Waals surface area contributed by atoms with E-state index in [0.29, 0.717) is 23.7 Å². The van der Waals surface area contributed by atoms with Crippen molar-refractivity contribution in [3.8, 4) is 0 Å². The highest BCUT2D eigenvalue weighted by atomic mass is 35.5. The fourth-order valence-electron chi connectivity index (χ4n) is 1.54. The number of rotatable bonds is 4. The molecule has 0 aromatic carbocycles. The van der Waals surface area contributed by atoms with Gasteiger partial charge in [0.2, 0.25) is 0 Å². The minimum atomic E-state index is -0.420. The largest absolute Gasteiger partial charge is 0.456 e. The van der Waals surface area contributed by atoms with Gasteiger partial charge < -0.3 is 9.64 Å². The van der Waals surface area contributed by atoms with Crippen molar-refractivity contribution >= 4 is 17.6 Å². The topological polar surface area (TPSA) is 42.4 Å². The van der Waals surface area contributed by atoms with Crippen LogP contribution in [0, 0.1) is 0 Å². The first-order valence-corrected chi connectivity index (χ1v) is 5.58. The molecule has 18 heavy (non-hydrogen) atoms. The van der Waals surface area contributed by atoms with Gasteiger partial charge in [-0.05, 0) is 11.6 Å². The molecule has 4 nitrogen and oxygen atoms in total. The van der Waals surface area contributed by atoms with Crippen molar-refractivity contribution in [1.82, 2.24) is 9.88 Å². The van der Waals surface area contributed by atoms with Gasteiger partial charge in [0.1, 0.15) is 18.1 Å². The number of aromatic nitrogens is 1. The number of cyclic esters (lactones) is 1. The third kappa shape index (κ3) is 3.07. The van der Waals surface area contributed by atoms with E-state index in [2.05, 4.69) is 4.98 Å². The zero-order valence-corrected chi connectivity index (χ0v) is 10.1. The number of carbonyl (C=O) groups excluding carboxylic acids is 1. The van der Waals surface area contributed by atoms with Crippen LogP contribution < -0.4 is 0 Å². The monoisotopic (exact) mass is 268 g/mol. The summed E-state index contributed by atoms with van der Waals surface area (Å²) in [7, 11) is 0. The molecule has 0 atom stereocenters. The van der Waals surface area contributed by atoms with Crippen molar-refractivity contribution < 1.29 is 13.9 Å². The summed E-state index contributed by atoms with van der Waals surface area (Å²) in [5.74, 6) is -0.420. The van der Waals surface area contributed by atoms with Crippen molar-refractivity contribution in [3.05, 3.63) is 53.3 Å². The highest BCUT2D eigenvalue weighted by Gasteiger charge is 2.18. The second kappa shape index (κ2) is 5.64. The van der Waals surface area contributed by atoms with Crippen molar-refractivity contribution in [1.29, 1.82) is 0 Å². The molecule has 0 bridgehead atoms. The van der Waals surface area contributed by atoms with Gasteiger partial charge in [0.15, 0.2) is 0 Å². The predicted octanol–water partition coefficient (Wildman–Crippen LogP) is 2.42. The van der Waals surface area contributed by atoms with Crippen LogP contribution in [0.25, 0.3) is 0 Å². The molecular weight excluding hydrogens is 259 g/mol. The lowest BCUT2D eigenvalue weighted by atomic mass is 10.2. The van der Waals surface area contributed by atoms with Gasteiger partial charge in [-0.25, -0.2) is 14.2 Å². The minimum Gasteiger partial charge on any atom is -0.456 e. The first-order chi connectivity index (χ1) is 8.69. The van der Waals surface area contributed by atoms with E-state index in [1.54, 1.807) is 23.2 Å². The summed E-state index contributed by atoms with van der Waals surface area (Å²) in [6, 6.07) is 3.44. The van der Waals surface area contributed by atoms with Crippen LogP contribution in [0.2, 0.25) is 5.15 Å². The molecule has 2 rings (SSSR count). The van der Waals surface area contributed by atoms with Crippen molar-refractivity contribution in [2.24, 2.45) is 0 Å². The Bertz CT molecular complexity index is 499. The zero-order chi connectivity index (χ0) is 13.0. The Morgan fingerprint density at radius 2 is 2.39 bits per heavy atom. The Balaban J connectivity index is 2.14. The van der Waals surface area contributed by atoms with E-state index in [1.807, 2.05) is 0 Å². The fraction of sp³-hybridized carbons (Fsp3) is 0.167. The number of nitrogens with zero attached hydrogens (tertiary/aromatic N) is 2. The minimum absolute atomic E-state index is 0.143. The summed E-state index contributed by atoms with van der Waals surface area (Å²) >= 11 is 5.68. The van der Waals surface area contributed by atoms with Crippen LogP contribution in [0.15, 0.2) is 42.6 Å². The number of hydrogen-bond donors (Lipinski definition) is 0. The molecule has 1 aliphatic rings.